The average molecular weight is 370 g/mol. The molecule has 0 saturated heterocycles. The topological polar surface area (TPSA) is 77.0 Å². The van der Waals surface area contributed by atoms with E-state index in [1.165, 1.54) is 0 Å². The van der Waals surface area contributed by atoms with Gasteiger partial charge < -0.3 is 10.1 Å². The zero-order valence-electron chi connectivity index (χ0n) is 15.3. The zero-order valence-corrected chi connectivity index (χ0v) is 15.3. The Balaban J connectivity index is 1.67. The van der Waals surface area contributed by atoms with Crippen LogP contribution in [0.15, 0.2) is 73.2 Å². The van der Waals surface area contributed by atoms with Crippen LogP contribution in [0.4, 0.5) is 0 Å². The first-order valence-electron chi connectivity index (χ1n) is 8.82. The van der Waals surface area contributed by atoms with Crippen LogP contribution in [0.25, 0.3) is 22.2 Å². The van der Waals surface area contributed by atoms with Gasteiger partial charge in [-0.25, -0.2) is 9.97 Å². The molecule has 0 unspecified atom stereocenters. The van der Waals surface area contributed by atoms with Crippen LogP contribution in [-0.4, -0.2) is 28.0 Å². The van der Waals surface area contributed by atoms with Crippen molar-refractivity contribution < 1.29 is 9.53 Å². The Morgan fingerprint density at radius 3 is 2.68 bits per heavy atom. The zero-order chi connectivity index (χ0) is 19.3. The van der Waals surface area contributed by atoms with E-state index >= 15 is 0 Å². The lowest BCUT2D eigenvalue weighted by Crippen LogP contribution is -2.23. The maximum absolute atomic E-state index is 13.0. The minimum Gasteiger partial charge on any atom is -0.481 e. The lowest BCUT2D eigenvalue weighted by Gasteiger charge is -2.11. The van der Waals surface area contributed by atoms with Crippen LogP contribution in [0.2, 0.25) is 0 Å². The van der Waals surface area contributed by atoms with Crippen molar-refractivity contribution in [3.8, 4) is 17.1 Å². The second kappa shape index (κ2) is 7.84. The van der Waals surface area contributed by atoms with Crippen molar-refractivity contribution >= 4 is 16.8 Å². The van der Waals surface area contributed by atoms with Gasteiger partial charge in [0.05, 0.1) is 23.9 Å². The number of rotatable bonds is 5. The van der Waals surface area contributed by atoms with Gasteiger partial charge in [0, 0.05) is 42.2 Å². The number of aromatic nitrogens is 3. The number of benzene rings is 1. The van der Waals surface area contributed by atoms with Crippen molar-refractivity contribution in [2.24, 2.45) is 0 Å². The normalized spacial score (nSPS) is 10.6. The number of fused-ring (bicyclic) bond motifs is 1. The maximum Gasteiger partial charge on any atom is 0.252 e. The van der Waals surface area contributed by atoms with Crippen molar-refractivity contribution in [2.45, 2.75) is 6.54 Å². The molecule has 0 spiro atoms. The molecule has 0 radical (unpaired) electrons. The molecule has 0 aliphatic rings. The molecule has 1 aromatic carbocycles. The molecule has 4 aromatic rings. The first-order chi connectivity index (χ1) is 13.7. The summed E-state index contributed by atoms with van der Waals surface area (Å²) in [5, 5.41) is 3.79. The number of hydrogen-bond acceptors (Lipinski definition) is 5. The van der Waals surface area contributed by atoms with E-state index in [-0.39, 0.29) is 5.91 Å². The van der Waals surface area contributed by atoms with Gasteiger partial charge in [0.15, 0.2) is 0 Å². The van der Waals surface area contributed by atoms with E-state index < -0.39 is 0 Å². The van der Waals surface area contributed by atoms with Crippen molar-refractivity contribution in [1.82, 2.24) is 20.3 Å². The highest BCUT2D eigenvalue weighted by molar-refractivity contribution is 6.07. The van der Waals surface area contributed by atoms with Crippen LogP contribution in [0.3, 0.4) is 0 Å². The monoisotopic (exact) mass is 370 g/mol. The number of para-hydroxylation sites is 1. The molecule has 0 aliphatic heterocycles. The number of carbonyl (C=O) groups excluding carboxylic acids is 1. The van der Waals surface area contributed by atoms with Gasteiger partial charge >= 0.3 is 0 Å². The predicted molar refractivity (Wildman–Crippen MR) is 107 cm³/mol. The van der Waals surface area contributed by atoms with Crippen molar-refractivity contribution in [3.05, 3.63) is 84.3 Å². The van der Waals surface area contributed by atoms with Gasteiger partial charge in [-0.3, -0.25) is 9.78 Å². The summed E-state index contributed by atoms with van der Waals surface area (Å²) in [6.07, 6.45) is 5.08. The molecule has 0 atom stereocenters. The number of pyridine rings is 3. The summed E-state index contributed by atoms with van der Waals surface area (Å²) in [4.78, 5) is 25.8. The third-order valence-electron chi connectivity index (χ3n) is 4.40. The third-order valence-corrected chi connectivity index (χ3v) is 4.40. The number of nitrogens with one attached hydrogen (secondary N) is 1. The summed E-state index contributed by atoms with van der Waals surface area (Å²) >= 11 is 0. The van der Waals surface area contributed by atoms with Gasteiger partial charge in [0.2, 0.25) is 5.88 Å². The molecule has 1 amide bonds. The largest absolute Gasteiger partial charge is 0.481 e. The molecule has 0 aliphatic carbocycles. The molecule has 6 nitrogen and oxygen atoms in total. The minimum absolute atomic E-state index is 0.162. The molecule has 3 aromatic heterocycles. The Labute approximate surface area is 162 Å². The number of amides is 1. The van der Waals surface area contributed by atoms with E-state index in [4.69, 9.17) is 9.72 Å². The lowest BCUT2D eigenvalue weighted by molar-refractivity contribution is 0.0952. The smallest absolute Gasteiger partial charge is 0.252 e. The summed E-state index contributed by atoms with van der Waals surface area (Å²) < 4.78 is 5.13. The van der Waals surface area contributed by atoms with Gasteiger partial charge in [-0.1, -0.05) is 18.2 Å². The molecule has 0 saturated carbocycles. The van der Waals surface area contributed by atoms with E-state index in [0.29, 0.717) is 18.0 Å². The van der Waals surface area contributed by atoms with E-state index in [1.54, 1.807) is 31.8 Å². The second-order valence-electron chi connectivity index (χ2n) is 6.20. The van der Waals surface area contributed by atoms with Gasteiger partial charge in [-0.2, -0.15) is 0 Å². The van der Waals surface area contributed by atoms with Crippen LogP contribution in [0.1, 0.15) is 15.9 Å². The maximum atomic E-state index is 13.0. The first-order valence-corrected chi connectivity index (χ1v) is 8.82. The molecule has 138 valence electrons. The van der Waals surface area contributed by atoms with Crippen LogP contribution in [0, 0.1) is 0 Å². The Hall–Kier alpha value is -3.80. The second-order valence-corrected chi connectivity index (χ2v) is 6.20. The van der Waals surface area contributed by atoms with Gasteiger partial charge in [0.1, 0.15) is 0 Å². The lowest BCUT2D eigenvalue weighted by atomic mass is 10.0. The van der Waals surface area contributed by atoms with Crippen LogP contribution in [0.5, 0.6) is 5.88 Å². The van der Waals surface area contributed by atoms with E-state index in [0.717, 1.165) is 27.7 Å². The first kappa shape index (κ1) is 17.6. The Morgan fingerprint density at radius 1 is 1.04 bits per heavy atom. The highest BCUT2D eigenvalue weighted by atomic mass is 16.5. The fourth-order valence-corrected chi connectivity index (χ4v) is 2.98. The van der Waals surface area contributed by atoms with Gasteiger partial charge in [-0.05, 0) is 35.9 Å². The molecule has 0 bridgehead atoms. The van der Waals surface area contributed by atoms with Crippen LogP contribution < -0.4 is 10.1 Å². The van der Waals surface area contributed by atoms with Crippen molar-refractivity contribution in [3.63, 3.8) is 0 Å². The van der Waals surface area contributed by atoms with Crippen LogP contribution in [-0.2, 0) is 6.54 Å². The minimum atomic E-state index is -0.162. The summed E-state index contributed by atoms with van der Waals surface area (Å²) in [6, 6.07) is 16.8. The Bertz CT molecular complexity index is 1130. The predicted octanol–water partition coefficient (Wildman–Crippen LogP) is 3.63. The summed E-state index contributed by atoms with van der Waals surface area (Å²) in [7, 11) is 1.56. The fraction of sp³-hybridized carbons (Fsp3) is 0.0909. The third kappa shape index (κ3) is 3.66. The molecule has 1 N–H and O–H groups in total. The van der Waals surface area contributed by atoms with E-state index in [2.05, 4.69) is 15.3 Å². The summed E-state index contributed by atoms with van der Waals surface area (Å²) in [5.41, 5.74) is 3.91. The fourth-order valence-electron chi connectivity index (χ4n) is 2.98. The number of methoxy groups -OCH3 is 1. The Kier molecular flexibility index (Phi) is 4.93. The molecular formula is C22H18N4O2. The van der Waals surface area contributed by atoms with Crippen LogP contribution >= 0.6 is 0 Å². The quantitative estimate of drug-likeness (QED) is 0.580. The van der Waals surface area contributed by atoms with Gasteiger partial charge in [-0.15, -0.1) is 0 Å². The average Bonchev–Trinajstić information content (AvgIpc) is 2.77. The molecule has 28 heavy (non-hydrogen) atoms. The molecule has 4 rings (SSSR count). The number of hydrogen-bond donors (Lipinski definition) is 1. The molecule has 3 heterocycles. The van der Waals surface area contributed by atoms with Gasteiger partial charge in [0.25, 0.3) is 5.91 Å². The SMILES string of the molecule is COc1cc(CNC(=O)c2cc(-c3ccncc3)nc3ccccc23)ccn1. The van der Waals surface area contributed by atoms with Crippen molar-refractivity contribution in [2.75, 3.05) is 7.11 Å². The number of carbonyl (C=O) groups is 1. The summed E-state index contributed by atoms with van der Waals surface area (Å²) in [6.45, 7) is 0.374. The van der Waals surface area contributed by atoms with E-state index in [1.807, 2.05) is 48.5 Å². The highest BCUT2D eigenvalue weighted by Crippen LogP contribution is 2.24. The Morgan fingerprint density at radius 2 is 1.86 bits per heavy atom. The summed E-state index contributed by atoms with van der Waals surface area (Å²) in [5.74, 6) is 0.353. The molecule has 6 heteroatoms. The molecule has 0 fully saturated rings. The standard InChI is InChI=1S/C22H18N4O2/c1-28-21-12-15(6-11-24-21)14-25-22(27)18-13-20(16-7-9-23-10-8-16)26-19-5-3-2-4-17(18)19/h2-13H,14H2,1H3,(H,25,27). The van der Waals surface area contributed by atoms with E-state index in [9.17, 15) is 4.79 Å². The molecular weight excluding hydrogens is 352 g/mol. The van der Waals surface area contributed by atoms with Crippen molar-refractivity contribution in [1.29, 1.82) is 0 Å². The number of ether oxygens (including phenoxy) is 1. The highest BCUT2D eigenvalue weighted by Gasteiger charge is 2.14. The number of nitrogens with zero attached hydrogens (tertiary/aromatic N) is 3.